The van der Waals surface area contributed by atoms with Crippen LogP contribution in [0.3, 0.4) is 0 Å². The minimum Gasteiger partial charge on any atom is -0.312 e. The summed E-state index contributed by atoms with van der Waals surface area (Å²) < 4.78 is 0. The highest BCUT2D eigenvalue weighted by Crippen LogP contribution is 2.40. The molecule has 14 heavy (non-hydrogen) atoms. The van der Waals surface area contributed by atoms with E-state index < -0.39 is 5.41 Å². The topological polar surface area (TPSA) is 17.1 Å². The van der Waals surface area contributed by atoms with Crippen molar-refractivity contribution < 1.29 is 4.79 Å². The first-order valence-electron chi connectivity index (χ1n) is 5.43. The van der Waals surface area contributed by atoms with Crippen LogP contribution in [0.25, 0.3) is 0 Å². The number of carbonyl (C=O) groups is 1. The molecule has 1 unspecified atom stereocenters. The van der Waals surface area contributed by atoms with Crippen LogP contribution in [0.1, 0.15) is 54.4 Å². The molecule has 0 aromatic rings. The summed E-state index contributed by atoms with van der Waals surface area (Å²) in [6, 6.07) is 0. The fraction of sp³-hybridized carbons (Fsp3) is 0.917. The lowest BCUT2D eigenvalue weighted by atomic mass is 9.64. The zero-order chi connectivity index (χ0) is 11.6. The second-order valence-corrected chi connectivity index (χ2v) is 5.72. The predicted molar refractivity (Wildman–Crippen MR) is 62.4 cm³/mol. The summed E-state index contributed by atoms with van der Waals surface area (Å²) in [5.74, 6) is 0.612. The molecule has 0 saturated carbocycles. The van der Waals surface area contributed by atoms with Crippen molar-refractivity contribution in [2.24, 2.45) is 16.7 Å². The Morgan fingerprint density at radius 1 is 1.29 bits per heavy atom. The molecule has 0 N–H and O–H groups in total. The molecule has 0 saturated heterocycles. The summed E-state index contributed by atoms with van der Waals surface area (Å²) in [7, 11) is 5.38. The Balaban J connectivity index is 4.57. The van der Waals surface area contributed by atoms with Gasteiger partial charge in [-0.1, -0.05) is 48.0 Å². The standard InChI is InChI=1S/C12H23BO/c1-7-9(2)11(3,4)8-12(5,6)10(13)14/h9H,7-8H2,1-6H3. The van der Waals surface area contributed by atoms with E-state index in [1.165, 1.54) is 0 Å². The Hall–Kier alpha value is -0.265. The second-order valence-electron chi connectivity index (χ2n) is 5.72. The van der Waals surface area contributed by atoms with E-state index in [-0.39, 0.29) is 11.1 Å². The molecule has 0 aromatic heterocycles. The summed E-state index contributed by atoms with van der Waals surface area (Å²) in [6.07, 6.45) is 1.99. The van der Waals surface area contributed by atoms with E-state index in [1.807, 2.05) is 13.8 Å². The highest BCUT2D eigenvalue weighted by molar-refractivity contribution is 6.58. The molecule has 0 aliphatic heterocycles. The molecule has 0 bridgehead atoms. The Labute approximate surface area is 90.1 Å². The van der Waals surface area contributed by atoms with Gasteiger partial charge in [0.1, 0.15) is 0 Å². The van der Waals surface area contributed by atoms with Crippen molar-refractivity contribution in [3.63, 3.8) is 0 Å². The van der Waals surface area contributed by atoms with Gasteiger partial charge in [0.2, 0.25) is 0 Å². The van der Waals surface area contributed by atoms with Crippen LogP contribution in [-0.2, 0) is 4.79 Å². The van der Waals surface area contributed by atoms with E-state index in [0.717, 1.165) is 12.8 Å². The summed E-state index contributed by atoms with van der Waals surface area (Å²) in [4.78, 5) is 11.2. The van der Waals surface area contributed by atoms with E-state index in [1.54, 1.807) is 0 Å². The lowest BCUT2D eigenvalue weighted by Gasteiger charge is -2.38. The first-order chi connectivity index (χ1) is 6.13. The maximum atomic E-state index is 11.2. The Kier molecular flexibility index (Phi) is 4.42. The van der Waals surface area contributed by atoms with Crippen LogP contribution < -0.4 is 0 Å². The molecule has 0 amide bonds. The summed E-state index contributed by atoms with van der Waals surface area (Å²) in [6.45, 7) is 12.7. The van der Waals surface area contributed by atoms with Crippen LogP contribution in [-0.4, -0.2) is 13.5 Å². The van der Waals surface area contributed by atoms with Gasteiger partial charge in [0.15, 0.2) is 7.85 Å². The minimum absolute atomic E-state index is 0.174. The molecule has 0 fully saturated rings. The fourth-order valence-corrected chi connectivity index (χ4v) is 1.95. The van der Waals surface area contributed by atoms with Crippen LogP contribution in [0.4, 0.5) is 0 Å². The first-order valence-corrected chi connectivity index (χ1v) is 5.43. The van der Waals surface area contributed by atoms with Gasteiger partial charge in [-0.25, -0.2) is 0 Å². The quantitative estimate of drug-likeness (QED) is 0.614. The molecule has 2 radical (unpaired) electrons. The average molecular weight is 194 g/mol. The normalized spacial score (nSPS) is 15.3. The van der Waals surface area contributed by atoms with Gasteiger partial charge in [0.05, 0.1) is 5.68 Å². The Morgan fingerprint density at radius 2 is 1.71 bits per heavy atom. The highest BCUT2D eigenvalue weighted by atomic mass is 16.1. The second kappa shape index (κ2) is 4.50. The van der Waals surface area contributed by atoms with Crippen molar-refractivity contribution in [2.45, 2.75) is 54.4 Å². The largest absolute Gasteiger partial charge is 0.312 e. The first kappa shape index (κ1) is 13.7. The lowest BCUT2D eigenvalue weighted by molar-refractivity contribution is -0.120. The van der Waals surface area contributed by atoms with Gasteiger partial charge < -0.3 is 4.79 Å². The highest BCUT2D eigenvalue weighted by Gasteiger charge is 2.34. The predicted octanol–water partition coefficient (Wildman–Crippen LogP) is 3.17. The number of hydrogen-bond donors (Lipinski definition) is 0. The van der Waals surface area contributed by atoms with Gasteiger partial charge in [-0.05, 0) is 17.8 Å². The van der Waals surface area contributed by atoms with Crippen LogP contribution in [0, 0.1) is 16.7 Å². The maximum Gasteiger partial charge on any atom is 0.168 e. The van der Waals surface area contributed by atoms with Crippen molar-refractivity contribution in [2.75, 3.05) is 0 Å². The molecule has 1 nitrogen and oxygen atoms in total. The third-order valence-electron chi connectivity index (χ3n) is 3.51. The van der Waals surface area contributed by atoms with Crippen LogP contribution in [0.5, 0.6) is 0 Å². The Bertz CT molecular complexity index is 206. The van der Waals surface area contributed by atoms with E-state index in [9.17, 15) is 4.79 Å². The lowest BCUT2D eigenvalue weighted by Crippen LogP contribution is -2.34. The SMILES string of the molecule is [B]C(=O)C(C)(C)CC(C)(C)C(C)CC. The van der Waals surface area contributed by atoms with Gasteiger partial charge >= 0.3 is 0 Å². The van der Waals surface area contributed by atoms with Gasteiger partial charge in [-0.3, -0.25) is 0 Å². The molecule has 80 valence electrons. The van der Waals surface area contributed by atoms with E-state index in [4.69, 9.17) is 7.85 Å². The Morgan fingerprint density at radius 3 is 2.00 bits per heavy atom. The summed E-state index contributed by atoms with van der Waals surface area (Å²) in [5.41, 5.74) is -0.422. The molecular weight excluding hydrogens is 171 g/mol. The monoisotopic (exact) mass is 194 g/mol. The third-order valence-corrected chi connectivity index (χ3v) is 3.51. The van der Waals surface area contributed by atoms with Crippen LogP contribution in [0.2, 0.25) is 0 Å². The summed E-state index contributed by atoms with van der Waals surface area (Å²) in [5, 5.41) is 0. The van der Waals surface area contributed by atoms with Gasteiger partial charge in [-0.2, -0.15) is 0 Å². The van der Waals surface area contributed by atoms with Gasteiger partial charge in [0, 0.05) is 5.41 Å². The molecule has 0 rings (SSSR count). The average Bonchev–Trinajstić information content (AvgIpc) is 2.00. The van der Waals surface area contributed by atoms with Gasteiger partial charge in [0.25, 0.3) is 0 Å². The molecule has 1 atom stereocenters. The smallest absolute Gasteiger partial charge is 0.168 e. The third kappa shape index (κ3) is 3.47. The minimum atomic E-state index is -0.396. The molecule has 0 aromatic carbocycles. The van der Waals surface area contributed by atoms with Crippen molar-refractivity contribution in [1.29, 1.82) is 0 Å². The molecule has 2 heteroatoms. The number of carbonyl (C=O) groups excluding carboxylic acids is 1. The van der Waals surface area contributed by atoms with Crippen molar-refractivity contribution in [3.05, 3.63) is 0 Å². The zero-order valence-corrected chi connectivity index (χ0v) is 10.5. The molecule has 0 spiro atoms. The van der Waals surface area contributed by atoms with Crippen LogP contribution >= 0.6 is 0 Å². The summed E-state index contributed by atoms with van der Waals surface area (Å²) >= 11 is 0. The maximum absolute atomic E-state index is 11.2. The number of hydrogen-bond acceptors (Lipinski definition) is 1. The van der Waals surface area contributed by atoms with Crippen molar-refractivity contribution >= 4 is 13.5 Å². The van der Waals surface area contributed by atoms with Crippen molar-refractivity contribution in [1.82, 2.24) is 0 Å². The molecule has 0 aliphatic carbocycles. The molecular formula is C12H23BO. The van der Waals surface area contributed by atoms with E-state index >= 15 is 0 Å². The van der Waals surface area contributed by atoms with Crippen LogP contribution in [0.15, 0.2) is 0 Å². The van der Waals surface area contributed by atoms with Gasteiger partial charge in [-0.15, -0.1) is 0 Å². The van der Waals surface area contributed by atoms with Crippen molar-refractivity contribution in [3.8, 4) is 0 Å². The molecule has 0 aliphatic rings. The van der Waals surface area contributed by atoms with E-state index in [0.29, 0.717) is 5.92 Å². The van der Waals surface area contributed by atoms with E-state index in [2.05, 4.69) is 27.7 Å². The number of rotatable bonds is 5. The fourth-order valence-electron chi connectivity index (χ4n) is 1.95. The molecule has 0 heterocycles. The zero-order valence-electron chi connectivity index (χ0n) is 10.5.